The van der Waals surface area contributed by atoms with Gasteiger partial charge in [0.25, 0.3) is 0 Å². The highest BCUT2D eigenvalue weighted by Crippen LogP contribution is 2.24. The minimum atomic E-state index is -0.363. The second-order valence-corrected chi connectivity index (χ2v) is 5.92. The number of hydrogen-bond donors (Lipinski definition) is 0. The predicted molar refractivity (Wildman–Crippen MR) is 103 cm³/mol. The number of pyridine rings is 1. The summed E-state index contributed by atoms with van der Waals surface area (Å²) in [6.45, 7) is 1.38. The van der Waals surface area contributed by atoms with Crippen molar-refractivity contribution in [3.8, 4) is 11.4 Å². The third kappa shape index (κ3) is 3.74. The summed E-state index contributed by atoms with van der Waals surface area (Å²) in [5.74, 6) is 0.102. The van der Waals surface area contributed by atoms with Crippen LogP contribution < -0.4 is 4.74 Å². The van der Waals surface area contributed by atoms with Crippen LogP contribution >= 0.6 is 0 Å². The van der Waals surface area contributed by atoms with Gasteiger partial charge in [0, 0.05) is 12.3 Å². The van der Waals surface area contributed by atoms with E-state index in [2.05, 4.69) is 15.1 Å². The van der Waals surface area contributed by atoms with Gasteiger partial charge in [0.1, 0.15) is 18.2 Å². The third-order valence-corrected chi connectivity index (χ3v) is 3.98. The Kier molecular flexibility index (Phi) is 4.45. The molecule has 4 aromatic rings. The van der Waals surface area contributed by atoms with Crippen LogP contribution in [-0.4, -0.2) is 25.7 Å². The first-order chi connectivity index (χ1) is 13.2. The van der Waals surface area contributed by atoms with Crippen molar-refractivity contribution in [2.75, 3.05) is 0 Å². The van der Waals surface area contributed by atoms with E-state index in [9.17, 15) is 4.79 Å². The van der Waals surface area contributed by atoms with Crippen LogP contribution in [0, 0.1) is 0 Å². The molecule has 4 rings (SSSR count). The Morgan fingerprint density at radius 2 is 1.89 bits per heavy atom. The van der Waals surface area contributed by atoms with Gasteiger partial charge in [-0.05, 0) is 35.9 Å². The molecule has 0 saturated heterocycles. The zero-order chi connectivity index (χ0) is 18.6. The summed E-state index contributed by atoms with van der Waals surface area (Å²) in [5, 5.41) is 5.03. The fourth-order valence-corrected chi connectivity index (χ4v) is 2.73. The van der Waals surface area contributed by atoms with E-state index in [1.54, 1.807) is 17.1 Å². The largest absolute Gasteiger partial charge is 0.424 e. The number of fused-ring (bicyclic) bond motifs is 1. The molecule has 0 aliphatic heterocycles. The zero-order valence-electron chi connectivity index (χ0n) is 14.6. The molecule has 2 heterocycles. The molecule has 2 aromatic heterocycles. The maximum absolute atomic E-state index is 11.3. The van der Waals surface area contributed by atoms with Gasteiger partial charge in [-0.3, -0.25) is 4.79 Å². The normalized spacial score (nSPS) is 11.1. The second kappa shape index (κ2) is 7.21. The smallest absolute Gasteiger partial charge is 0.308 e. The molecule has 0 radical (unpaired) electrons. The molecule has 2 aromatic carbocycles. The van der Waals surface area contributed by atoms with E-state index >= 15 is 0 Å². The van der Waals surface area contributed by atoms with Crippen molar-refractivity contribution in [1.29, 1.82) is 0 Å². The van der Waals surface area contributed by atoms with Crippen molar-refractivity contribution < 1.29 is 9.53 Å². The van der Waals surface area contributed by atoms with Gasteiger partial charge in [-0.1, -0.05) is 36.4 Å². The molecule has 0 unspecified atom stereocenters. The van der Waals surface area contributed by atoms with Crippen molar-refractivity contribution in [3.63, 3.8) is 0 Å². The van der Waals surface area contributed by atoms with Crippen molar-refractivity contribution in [3.05, 3.63) is 78.5 Å². The average molecular weight is 356 g/mol. The van der Waals surface area contributed by atoms with Gasteiger partial charge < -0.3 is 4.74 Å². The summed E-state index contributed by atoms with van der Waals surface area (Å²) in [7, 11) is 0. The maximum Gasteiger partial charge on any atom is 0.308 e. The molecule has 6 nitrogen and oxygen atoms in total. The minimum Gasteiger partial charge on any atom is -0.424 e. The molecule has 0 spiro atoms. The number of benzene rings is 2. The molecule has 0 saturated carbocycles. The van der Waals surface area contributed by atoms with E-state index in [1.807, 2.05) is 60.7 Å². The second-order valence-electron chi connectivity index (χ2n) is 5.92. The van der Waals surface area contributed by atoms with Crippen molar-refractivity contribution in [2.24, 2.45) is 0 Å². The lowest BCUT2D eigenvalue weighted by atomic mass is 10.1. The van der Waals surface area contributed by atoms with Crippen LogP contribution in [0.15, 0.2) is 67.3 Å². The molecule has 0 aliphatic rings. The van der Waals surface area contributed by atoms with Crippen LogP contribution in [0.3, 0.4) is 0 Å². The first kappa shape index (κ1) is 16.7. The minimum absolute atomic E-state index is 0.363. The molecule has 0 bridgehead atoms. The maximum atomic E-state index is 11.3. The van der Waals surface area contributed by atoms with Gasteiger partial charge in [0.15, 0.2) is 5.75 Å². The van der Waals surface area contributed by atoms with E-state index in [1.165, 1.54) is 13.3 Å². The lowest BCUT2D eigenvalue weighted by Gasteiger charge is -2.06. The Morgan fingerprint density at radius 3 is 2.63 bits per heavy atom. The molecule has 0 amide bonds. The molecular formula is C21H16N4O2. The molecule has 0 atom stereocenters. The van der Waals surface area contributed by atoms with Crippen LogP contribution in [0.5, 0.6) is 5.75 Å². The summed E-state index contributed by atoms with van der Waals surface area (Å²) in [4.78, 5) is 19.9. The highest BCUT2D eigenvalue weighted by molar-refractivity contribution is 5.88. The molecule has 132 valence electrons. The lowest BCUT2D eigenvalue weighted by Crippen LogP contribution is -2.02. The lowest BCUT2D eigenvalue weighted by molar-refractivity contribution is -0.131. The van der Waals surface area contributed by atoms with E-state index in [-0.39, 0.29) is 5.97 Å². The number of nitrogens with zero attached hydrogens (tertiary/aromatic N) is 4. The van der Waals surface area contributed by atoms with E-state index in [4.69, 9.17) is 4.74 Å². The Labute approximate surface area is 155 Å². The number of rotatable bonds is 4. The monoisotopic (exact) mass is 356 g/mol. The number of para-hydroxylation sites is 1. The van der Waals surface area contributed by atoms with Crippen LogP contribution in [-0.2, 0) is 4.79 Å². The standard InChI is InChI=1S/C21H16N4O2/c1-15(26)27-20-4-2-3-17-8-10-18(24-21(17)20)9-5-16-6-11-19(12-7-16)25-14-22-13-23-25/h2-14H,1H3. The van der Waals surface area contributed by atoms with Crippen LogP contribution in [0.2, 0.25) is 0 Å². The average Bonchev–Trinajstić information content (AvgIpc) is 3.21. The molecule has 0 aliphatic carbocycles. The molecule has 0 fully saturated rings. The molecular weight excluding hydrogens is 340 g/mol. The number of ether oxygens (including phenoxy) is 1. The first-order valence-corrected chi connectivity index (χ1v) is 8.40. The SMILES string of the molecule is CC(=O)Oc1cccc2ccc(C=Cc3ccc(-n4cncn4)cc3)nc12. The number of carbonyl (C=O) groups is 1. The summed E-state index contributed by atoms with van der Waals surface area (Å²) >= 11 is 0. The first-order valence-electron chi connectivity index (χ1n) is 8.40. The summed E-state index contributed by atoms with van der Waals surface area (Å²) in [6.07, 6.45) is 7.07. The number of aromatic nitrogens is 4. The van der Waals surface area contributed by atoms with E-state index in [0.29, 0.717) is 11.3 Å². The van der Waals surface area contributed by atoms with Gasteiger partial charge in [0.2, 0.25) is 0 Å². The van der Waals surface area contributed by atoms with Crippen LogP contribution in [0.1, 0.15) is 18.2 Å². The predicted octanol–water partition coefficient (Wildman–Crippen LogP) is 3.91. The van der Waals surface area contributed by atoms with Crippen molar-refractivity contribution in [1.82, 2.24) is 19.7 Å². The Morgan fingerprint density at radius 1 is 1.04 bits per heavy atom. The van der Waals surface area contributed by atoms with E-state index in [0.717, 1.165) is 22.3 Å². The summed E-state index contributed by atoms with van der Waals surface area (Å²) in [6, 6.07) is 17.4. The zero-order valence-corrected chi connectivity index (χ0v) is 14.6. The van der Waals surface area contributed by atoms with Gasteiger partial charge >= 0.3 is 5.97 Å². The molecule has 27 heavy (non-hydrogen) atoms. The third-order valence-electron chi connectivity index (χ3n) is 3.98. The quantitative estimate of drug-likeness (QED) is 0.409. The summed E-state index contributed by atoms with van der Waals surface area (Å²) in [5.41, 5.74) is 3.42. The fraction of sp³-hybridized carbons (Fsp3) is 0.0476. The number of hydrogen-bond acceptors (Lipinski definition) is 5. The Hall–Kier alpha value is -3.80. The Bertz CT molecular complexity index is 1120. The van der Waals surface area contributed by atoms with Gasteiger partial charge in [-0.25, -0.2) is 14.6 Å². The number of esters is 1. The highest BCUT2D eigenvalue weighted by atomic mass is 16.5. The fourth-order valence-electron chi connectivity index (χ4n) is 2.73. The van der Waals surface area contributed by atoms with Crippen molar-refractivity contribution in [2.45, 2.75) is 6.92 Å². The van der Waals surface area contributed by atoms with Gasteiger partial charge in [0.05, 0.1) is 11.4 Å². The van der Waals surface area contributed by atoms with Gasteiger partial charge in [-0.15, -0.1) is 0 Å². The topological polar surface area (TPSA) is 69.9 Å². The number of carbonyl (C=O) groups excluding carboxylic acids is 1. The summed E-state index contributed by atoms with van der Waals surface area (Å²) < 4.78 is 6.96. The highest BCUT2D eigenvalue weighted by Gasteiger charge is 2.06. The molecule has 6 heteroatoms. The van der Waals surface area contributed by atoms with Crippen LogP contribution in [0.4, 0.5) is 0 Å². The van der Waals surface area contributed by atoms with E-state index < -0.39 is 0 Å². The Balaban J connectivity index is 1.60. The van der Waals surface area contributed by atoms with Crippen molar-refractivity contribution >= 4 is 29.0 Å². The molecule has 0 N–H and O–H groups in total. The van der Waals surface area contributed by atoms with Gasteiger partial charge in [-0.2, -0.15) is 5.10 Å². The van der Waals surface area contributed by atoms with Crippen LogP contribution in [0.25, 0.3) is 28.7 Å².